The van der Waals surface area contributed by atoms with Crippen molar-refractivity contribution < 1.29 is 14.1 Å². The number of carbonyl (C=O) groups excluding carboxylic acids is 1. The third-order valence-electron chi connectivity index (χ3n) is 5.64. The Labute approximate surface area is 159 Å². The maximum Gasteiger partial charge on any atom is 0.229 e. The van der Waals surface area contributed by atoms with Crippen LogP contribution in [0.3, 0.4) is 0 Å². The van der Waals surface area contributed by atoms with Gasteiger partial charge in [-0.3, -0.25) is 4.79 Å². The minimum Gasteiger partial charge on any atom is -0.493 e. The highest BCUT2D eigenvalue weighted by molar-refractivity contribution is 5.79. The SMILES string of the molecule is CC(C)c1noc(C2CCN(C(=O)C3CCOc4ccccc4C3)CC2)n1. The van der Waals surface area contributed by atoms with Crippen molar-refractivity contribution in [1.82, 2.24) is 15.0 Å². The van der Waals surface area contributed by atoms with Gasteiger partial charge in [0.1, 0.15) is 5.75 Å². The number of fused-ring (bicyclic) bond motifs is 1. The molecule has 0 spiro atoms. The lowest BCUT2D eigenvalue weighted by molar-refractivity contribution is -0.137. The number of piperidine rings is 1. The molecule has 0 N–H and O–H groups in total. The van der Waals surface area contributed by atoms with Gasteiger partial charge < -0.3 is 14.2 Å². The highest BCUT2D eigenvalue weighted by Gasteiger charge is 2.32. The van der Waals surface area contributed by atoms with Crippen molar-refractivity contribution in [1.29, 1.82) is 0 Å². The van der Waals surface area contributed by atoms with Gasteiger partial charge in [0.25, 0.3) is 0 Å². The van der Waals surface area contributed by atoms with Gasteiger partial charge in [-0.2, -0.15) is 4.98 Å². The molecule has 2 aliphatic heterocycles. The lowest BCUT2D eigenvalue weighted by Gasteiger charge is -2.32. The summed E-state index contributed by atoms with van der Waals surface area (Å²) in [5.41, 5.74) is 1.13. The van der Waals surface area contributed by atoms with E-state index in [2.05, 4.69) is 30.1 Å². The molecule has 0 bridgehead atoms. The molecule has 0 aliphatic carbocycles. The molecule has 6 heteroatoms. The number of amides is 1. The topological polar surface area (TPSA) is 68.5 Å². The van der Waals surface area contributed by atoms with E-state index in [0.29, 0.717) is 6.61 Å². The number of hydrogen-bond donors (Lipinski definition) is 0. The zero-order valence-electron chi connectivity index (χ0n) is 16.1. The number of benzene rings is 1. The van der Waals surface area contributed by atoms with E-state index in [1.54, 1.807) is 0 Å². The second-order valence-corrected chi connectivity index (χ2v) is 7.89. The summed E-state index contributed by atoms with van der Waals surface area (Å²) in [6.45, 7) is 6.22. The van der Waals surface area contributed by atoms with Crippen LogP contribution >= 0.6 is 0 Å². The molecule has 1 amide bonds. The molecule has 1 unspecified atom stereocenters. The first kappa shape index (κ1) is 18.0. The van der Waals surface area contributed by atoms with E-state index >= 15 is 0 Å². The van der Waals surface area contributed by atoms with Gasteiger partial charge in [-0.05, 0) is 37.3 Å². The van der Waals surface area contributed by atoms with E-state index in [1.807, 2.05) is 23.1 Å². The van der Waals surface area contributed by atoms with Crippen molar-refractivity contribution >= 4 is 5.91 Å². The van der Waals surface area contributed by atoms with Gasteiger partial charge in [0, 0.05) is 30.8 Å². The van der Waals surface area contributed by atoms with Crippen molar-refractivity contribution in [3.05, 3.63) is 41.5 Å². The number of ether oxygens (including phenoxy) is 1. The molecule has 1 atom stereocenters. The molecule has 0 radical (unpaired) electrons. The van der Waals surface area contributed by atoms with E-state index in [0.717, 1.165) is 61.8 Å². The van der Waals surface area contributed by atoms with Crippen LogP contribution in [-0.2, 0) is 11.2 Å². The summed E-state index contributed by atoms with van der Waals surface area (Å²) in [5, 5.41) is 4.07. The van der Waals surface area contributed by atoms with Gasteiger partial charge in [0.05, 0.1) is 6.61 Å². The predicted octanol–water partition coefficient (Wildman–Crippen LogP) is 3.54. The van der Waals surface area contributed by atoms with Crippen LogP contribution in [0.5, 0.6) is 5.75 Å². The Kier molecular flexibility index (Phi) is 5.14. The van der Waals surface area contributed by atoms with Crippen LogP contribution in [0.15, 0.2) is 28.8 Å². The third-order valence-corrected chi connectivity index (χ3v) is 5.64. The number of carbonyl (C=O) groups is 1. The van der Waals surface area contributed by atoms with Crippen LogP contribution in [0.4, 0.5) is 0 Å². The van der Waals surface area contributed by atoms with Crippen LogP contribution in [0, 0.1) is 5.92 Å². The summed E-state index contributed by atoms with van der Waals surface area (Å²) in [5.74, 6) is 3.19. The Morgan fingerprint density at radius 3 is 2.70 bits per heavy atom. The predicted molar refractivity (Wildman–Crippen MR) is 101 cm³/mol. The molecule has 1 saturated heterocycles. The Morgan fingerprint density at radius 2 is 1.96 bits per heavy atom. The number of nitrogens with zero attached hydrogens (tertiary/aromatic N) is 3. The lowest BCUT2D eigenvalue weighted by Crippen LogP contribution is -2.42. The fourth-order valence-electron chi connectivity index (χ4n) is 3.96. The molecule has 1 aromatic carbocycles. The third kappa shape index (κ3) is 3.84. The van der Waals surface area contributed by atoms with Gasteiger partial charge in [0.2, 0.25) is 11.8 Å². The molecule has 1 aromatic heterocycles. The van der Waals surface area contributed by atoms with Gasteiger partial charge in [-0.1, -0.05) is 37.2 Å². The first-order valence-corrected chi connectivity index (χ1v) is 9.95. The van der Waals surface area contributed by atoms with Crippen LogP contribution in [-0.4, -0.2) is 40.6 Å². The largest absolute Gasteiger partial charge is 0.493 e. The van der Waals surface area contributed by atoms with Gasteiger partial charge in [-0.25, -0.2) is 0 Å². The van der Waals surface area contributed by atoms with Crippen LogP contribution in [0.25, 0.3) is 0 Å². The molecule has 1 fully saturated rings. The maximum atomic E-state index is 13.1. The van der Waals surface area contributed by atoms with Crippen molar-refractivity contribution in [2.75, 3.05) is 19.7 Å². The molecule has 3 heterocycles. The molecule has 144 valence electrons. The van der Waals surface area contributed by atoms with E-state index in [4.69, 9.17) is 9.26 Å². The average molecular weight is 369 g/mol. The Hall–Kier alpha value is -2.37. The molecule has 27 heavy (non-hydrogen) atoms. The van der Waals surface area contributed by atoms with E-state index in [-0.39, 0.29) is 23.7 Å². The zero-order valence-corrected chi connectivity index (χ0v) is 16.1. The monoisotopic (exact) mass is 369 g/mol. The zero-order chi connectivity index (χ0) is 18.8. The highest BCUT2D eigenvalue weighted by atomic mass is 16.5. The van der Waals surface area contributed by atoms with Crippen molar-refractivity contribution in [2.45, 2.75) is 51.4 Å². The van der Waals surface area contributed by atoms with Gasteiger partial charge in [0.15, 0.2) is 5.82 Å². The van der Waals surface area contributed by atoms with Crippen LogP contribution in [0.2, 0.25) is 0 Å². The minimum atomic E-state index is 0.00106. The molecular formula is C21H27N3O3. The lowest BCUT2D eigenvalue weighted by atomic mass is 9.92. The first-order chi connectivity index (χ1) is 13.1. The number of likely N-dealkylation sites (tertiary alicyclic amines) is 1. The summed E-state index contributed by atoms with van der Waals surface area (Å²) in [6, 6.07) is 8.04. The fraction of sp³-hybridized carbons (Fsp3) is 0.571. The number of aromatic nitrogens is 2. The maximum absolute atomic E-state index is 13.1. The summed E-state index contributed by atoms with van der Waals surface area (Å²) in [6.07, 6.45) is 3.29. The fourth-order valence-corrected chi connectivity index (χ4v) is 3.96. The minimum absolute atomic E-state index is 0.00106. The highest BCUT2D eigenvalue weighted by Crippen LogP contribution is 2.31. The molecule has 4 rings (SSSR count). The van der Waals surface area contributed by atoms with E-state index < -0.39 is 0 Å². The van der Waals surface area contributed by atoms with E-state index in [1.165, 1.54) is 0 Å². The summed E-state index contributed by atoms with van der Waals surface area (Å²) in [7, 11) is 0. The summed E-state index contributed by atoms with van der Waals surface area (Å²) < 4.78 is 11.3. The van der Waals surface area contributed by atoms with Crippen molar-refractivity contribution in [3.63, 3.8) is 0 Å². The smallest absolute Gasteiger partial charge is 0.229 e. The second kappa shape index (κ2) is 7.71. The average Bonchev–Trinajstić information content (AvgIpc) is 3.09. The Morgan fingerprint density at radius 1 is 1.19 bits per heavy atom. The van der Waals surface area contributed by atoms with E-state index in [9.17, 15) is 4.79 Å². The molecule has 0 saturated carbocycles. The standard InChI is InChI=1S/C21H27N3O3/c1-14(2)19-22-20(27-23-19)15-7-10-24(11-8-15)21(25)17-9-12-26-18-6-4-3-5-16(18)13-17/h3-6,14-15,17H,7-13H2,1-2H3. The number of hydrogen-bond acceptors (Lipinski definition) is 5. The molecule has 6 nitrogen and oxygen atoms in total. The molecular weight excluding hydrogens is 342 g/mol. The quantitative estimate of drug-likeness (QED) is 0.828. The van der Waals surface area contributed by atoms with Crippen LogP contribution in [0.1, 0.15) is 62.2 Å². The number of para-hydroxylation sites is 1. The molecule has 2 aliphatic rings. The summed E-state index contributed by atoms with van der Waals surface area (Å²) in [4.78, 5) is 19.6. The van der Waals surface area contributed by atoms with Crippen molar-refractivity contribution in [2.24, 2.45) is 5.92 Å². The van der Waals surface area contributed by atoms with Gasteiger partial charge >= 0.3 is 0 Å². The second-order valence-electron chi connectivity index (χ2n) is 7.89. The van der Waals surface area contributed by atoms with Gasteiger partial charge in [-0.15, -0.1) is 0 Å². The van der Waals surface area contributed by atoms with Crippen LogP contribution < -0.4 is 4.74 Å². The normalized spacial score (nSPS) is 20.9. The Balaban J connectivity index is 1.37. The first-order valence-electron chi connectivity index (χ1n) is 9.95. The molecule has 2 aromatic rings. The van der Waals surface area contributed by atoms with Crippen molar-refractivity contribution in [3.8, 4) is 5.75 Å². The number of rotatable bonds is 3. The Bertz CT molecular complexity index is 793. The summed E-state index contributed by atoms with van der Waals surface area (Å²) >= 11 is 0.